The van der Waals surface area contributed by atoms with Crippen molar-refractivity contribution in [3.8, 4) is 0 Å². The summed E-state index contributed by atoms with van der Waals surface area (Å²) in [5, 5.41) is 14.7. The Bertz CT molecular complexity index is 344. The van der Waals surface area contributed by atoms with Gasteiger partial charge in [0, 0.05) is 9.13 Å². The third kappa shape index (κ3) is 3.33. The molecule has 0 aliphatic heterocycles. The van der Waals surface area contributed by atoms with Crippen LogP contribution < -0.4 is 10.9 Å². The van der Waals surface area contributed by atoms with E-state index in [1.165, 1.54) is 0 Å². The average Bonchev–Trinajstić information content (AvgIpc) is 2.15. The fourth-order valence-electron chi connectivity index (χ4n) is 0.845. The second-order valence-electron chi connectivity index (χ2n) is 2.76. The van der Waals surface area contributed by atoms with Crippen LogP contribution in [0.5, 0.6) is 0 Å². The molecule has 1 aromatic carbocycles. The van der Waals surface area contributed by atoms with Crippen molar-refractivity contribution in [1.82, 2.24) is 10.9 Å². The number of halogens is 1. The summed E-state index contributed by atoms with van der Waals surface area (Å²) in [6.45, 7) is 1.61. The minimum Gasteiger partial charge on any atom is -0.287 e. The molecule has 0 amide bonds. The molecule has 74 valence electrons. The molecule has 0 radical (unpaired) electrons. The molecule has 0 fully saturated rings. The van der Waals surface area contributed by atoms with Gasteiger partial charge in [-0.05, 0) is 41.6 Å². The van der Waals surface area contributed by atoms with Gasteiger partial charge >= 0.3 is 0 Å². The SMILES string of the molecule is CC(=N)NNC(=N)c1ccc(I)cc1. The van der Waals surface area contributed by atoms with Crippen molar-refractivity contribution in [2.75, 3.05) is 0 Å². The van der Waals surface area contributed by atoms with Gasteiger partial charge in [0.05, 0.1) is 0 Å². The van der Waals surface area contributed by atoms with Crippen LogP contribution in [0, 0.1) is 14.4 Å². The van der Waals surface area contributed by atoms with Crippen LogP contribution in [0.25, 0.3) is 0 Å². The molecule has 0 saturated carbocycles. The van der Waals surface area contributed by atoms with Crippen molar-refractivity contribution in [2.45, 2.75) is 6.92 Å². The summed E-state index contributed by atoms with van der Waals surface area (Å²) in [6.07, 6.45) is 0. The van der Waals surface area contributed by atoms with Crippen molar-refractivity contribution in [2.24, 2.45) is 0 Å². The van der Waals surface area contributed by atoms with E-state index in [9.17, 15) is 0 Å². The molecule has 0 aliphatic carbocycles. The molecule has 4 N–H and O–H groups in total. The van der Waals surface area contributed by atoms with Crippen LogP contribution in [0.1, 0.15) is 12.5 Å². The number of nitrogens with one attached hydrogen (secondary N) is 4. The van der Waals surface area contributed by atoms with E-state index < -0.39 is 0 Å². The molecule has 1 rings (SSSR count). The van der Waals surface area contributed by atoms with E-state index in [1.807, 2.05) is 24.3 Å². The first kappa shape index (κ1) is 11.0. The van der Waals surface area contributed by atoms with E-state index in [-0.39, 0.29) is 11.7 Å². The van der Waals surface area contributed by atoms with Crippen LogP contribution in [-0.2, 0) is 0 Å². The summed E-state index contributed by atoms with van der Waals surface area (Å²) in [5.41, 5.74) is 5.98. The quantitative estimate of drug-likeness (QED) is 0.276. The molecule has 0 bridgehead atoms. The van der Waals surface area contributed by atoms with Crippen molar-refractivity contribution in [1.29, 1.82) is 10.8 Å². The Balaban J connectivity index is 2.61. The molecule has 0 atom stereocenters. The maximum absolute atomic E-state index is 7.62. The van der Waals surface area contributed by atoms with E-state index in [0.29, 0.717) is 0 Å². The first-order chi connectivity index (χ1) is 6.59. The largest absolute Gasteiger partial charge is 0.287 e. The summed E-state index contributed by atoms with van der Waals surface area (Å²) in [4.78, 5) is 0. The van der Waals surface area contributed by atoms with Gasteiger partial charge in [0.1, 0.15) is 11.7 Å². The van der Waals surface area contributed by atoms with Gasteiger partial charge in [0.2, 0.25) is 0 Å². The second-order valence-corrected chi connectivity index (χ2v) is 4.00. The molecule has 0 heterocycles. The molecule has 1 aromatic rings. The molecule has 0 aromatic heterocycles. The number of benzene rings is 1. The highest BCUT2D eigenvalue weighted by Gasteiger charge is 1.99. The zero-order chi connectivity index (χ0) is 10.6. The summed E-state index contributed by atoms with van der Waals surface area (Å²) >= 11 is 2.21. The van der Waals surface area contributed by atoms with Crippen LogP contribution >= 0.6 is 22.6 Å². The van der Waals surface area contributed by atoms with Crippen LogP contribution in [0.2, 0.25) is 0 Å². The van der Waals surface area contributed by atoms with Crippen molar-refractivity contribution < 1.29 is 0 Å². The normalized spacial score (nSPS) is 9.29. The molecular formula is C9H11IN4. The molecule has 0 aliphatic rings. The van der Waals surface area contributed by atoms with Gasteiger partial charge in [-0.1, -0.05) is 12.1 Å². The number of hydrogen-bond acceptors (Lipinski definition) is 2. The van der Waals surface area contributed by atoms with E-state index in [2.05, 4.69) is 33.4 Å². The fourth-order valence-corrected chi connectivity index (χ4v) is 1.20. The number of rotatable bonds is 1. The lowest BCUT2D eigenvalue weighted by Crippen LogP contribution is -2.40. The van der Waals surface area contributed by atoms with Crippen molar-refractivity contribution in [3.05, 3.63) is 33.4 Å². The minimum absolute atomic E-state index is 0.257. The van der Waals surface area contributed by atoms with Crippen molar-refractivity contribution in [3.63, 3.8) is 0 Å². The van der Waals surface area contributed by atoms with Crippen LogP contribution in [0.15, 0.2) is 24.3 Å². The molecule has 0 spiro atoms. The Hall–Kier alpha value is -1.11. The van der Waals surface area contributed by atoms with Gasteiger partial charge in [-0.3, -0.25) is 21.7 Å². The van der Waals surface area contributed by atoms with E-state index >= 15 is 0 Å². The lowest BCUT2D eigenvalue weighted by molar-refractivity contribution is 0.847. The van der Waals surface area contributed by atoms with Crippen LogP contribution in [-0.4, -0.2) is 11.7 Å². The highest BCUT2D eigenvalue weighted by Crippen LogP contribution is 2.06. The highest BCUT2D eigenvalue weighted by atomic mass is 127. The standard InChI is InChI=1S/C9H11IN4/c1-6(11)13-14-9(12)7-2-4-8(10)5-3-7/h2-5H,1H3,(H2,11,13)(H2,12,14). The molecule has 14 heavy (non-hydrogen) atoms. The van der Waals surface area contributed by atoms with Gasteiger partial charge in [0.15, 0.2) is 0 Å². The monoisotopic (exact) mass is 302 g/mol. The first-order valence-corrected chi connectivity index (χ1v) is 5.09. The summed E-state index contributed by atoms with van der Waals surface area (Å²) < 4.78 is 1.13. The van der Waals surface area contributed by atoms with Crippen LogP contribution in [0.3, 0.4) is 0 Å². The van der Waals surface area contributed by atoms with E-state index in [1.54, 1.807) is 6.92 Å². The second kappa shape index (κ2) is 4.94. The van der Waals surface area contributed by atoms with Gasteiger partial charge in [-0.2, -0.15) is 0 Å². The molecule has 0 unspecified atom stereocenters. The smallest absolute Gasteiger partial charge is 0.144 e. The molecular weight excluding hydrogens is 291 g/mol. The third-order valence-electron chi connectivity index (χ3n) is 1.51. The van der Waals surface area contributed by atoms with Gasteiger partial charge in [0.25, 0.3) is 0 Å². The maximum atomic E-state index is 7.62. The lowest BCUT2D eigenvalue weighted by Gasteiger charge is -2.08. The molecule has 5 heteroatoms. The predicted octanol–water partition coefficient (Wildman–Crippen LogP) is 1.71. The van der Waals surface area contributed by atoms with Gasteiger partial charge in [-0.15, -0.1) is 0 Å². The lowest BCUT2D eigenvalue weighted by atomic mass is 10.2. The summed E-state index contributed by atoms with van der Waals surface area (Å²) in [5.74, 6) is 0.535. The number of hydrogen-bond donors (Lipinski definition) is 4. The Labute approximate surface area is 96.2 Å². The van der Waals surface area contributed by atoms with Crippen LogP contribution in [0.4, 0.5) is 0 Å². The minimum atomic E-state index is 0.257. The highest BCUT2D eigenvalue weighted by molar-refractivity contribution is 14.1. The topological polar surface area (TPSA) is 71.8 Å². The Morgan fingerprint density at radius 2 is 1.71 bits per heavy atom. The molecule has 0 saturated heterocycles. The van der Waals surface area contributed by atoms with E-state index in [0.717, 1.165) is 9.13 Å². The number of hydrazine groups is 1. The maximum Gasteiger partial charge on any atom is 0.144 e. The van der Waals surface area contributed by atoms with Gasteiger partial charge < -0.3 is 0 Å². The van der Waals surface area contributed by atoms with Gasteiger partial charge in [-0.25, -0.2) is 0 Å². The first-order valence-electron chi connectivity index (χ1n) is 4.01. The zero-order valence-corrected chi connectivity index (χ0v) is 9.84. The third-order valence-corrected chi connectivity index (χ3v) is 2.23. The predicted molar refractivity (Wildman–Crippen MR) is 65.7 cm³/mol. The average molecular weight is 302 g/mol. The van der Waals surface area contributed by atoms with E-state index in [4.69, 9.17) is 10.8 Å². The Kier molecular flexibility index (Phi) is 3.87. The number of amidine groups is 2. The van der Waals surface area contributed by atoms with Crippen molar-refractivity contribution >= 4 is 34.3 Å². The summed E-state index contributed by atoms with van der Waals surface area (Å²) in [6, 6.07) is 7.59. The Morgan fingerprint density at radius 3 is 2.21 bits per heavy atom. The summed E-state index contributed by atoms with van der Waals surface area (Å²) in [7, 11) is 0. The Morgan fingerprint density at radius 1 is 1.14 bits per heavy atom. The fraction of sp³-hybridized carbons (Fsp3) is 0.111. The molecule has 4 nitrogen and oxygen atoms in total. The zero-order valence-electron chi connectivity index (χ0n) is 7.69.